The Morgan fingerprint density at radius 1 is 1.53 bits per heavy atom. The standard InChI is InChI=1S/C12H12FN3O2S/c1-17-11-3-2-8(4-10(11)13)16-12(19)14-5-9-6-18-7-15-9/h2-4,6-7H,5H2,1H3,(H2,14,16,19). The highest BCUT2D eigenvalue weighted by molar-refractivity contribution is 7.80. The second-order valence-electron chi connectivity index (χ2n) is 3.64. The first kappa shape index (κ1) is 13.3. The number of aromatic nitrogens is 1. The number of thiocarbonyl (C=S) groups is 1. The summed E-state index contributed by atoms with van der Waals surface area (Å²) in [6.45, 7) is 0.432. The largest absolute Gasteiger partial charge is 0.494 e. The fourth-order valence-corrected chi connectivity index (χ4v) is 1.61. The van der Waals surface area contributed by atoms with E-state index in [0.717, 1.165) is 5.69 Å². The lowest BCUT2D eigenvalue weighted by Crippen LogP contribution is -2.28. The number of nitrogens with zero attached hydrogens (tertiary/aromatic N) is 1. The maximum absolute atomic E-state index is 13.5. The van der Waals surface area contributed by atoms with E-state index in [4.69, 9.17) is 21.4 Å². The van der Waals surface area contributed by atoms with E-state index in [0.29, 0.717) is 17.3 Å². The molecular formula is C12H12FN3O2S. The Morgan fingerprint density at radius 2 is 2.37 bits per heavy atom. The van der Waals surface area contributed by atoms with Gasteiger partial charge in [0.05, 0.1) is 19.3 Å². The highest BCUT2D eigenvalue weighted by Gasteiger charge is 2.05. The summed E-state index contributed by atoms with van der Waals surface area (Å²) in [6.07, 6.45) is 2.86. The van der Waals surface area contributed by atoms with E-state index in [1.807, 2.05) is 0 Å². The molecule has 100 valence electrons. The molecule has 0 amide bonds. The van der Waals surface area contributed by atoms with Crippen LogP contribution in [0.15, 0.2) is 35.3 Å². The zero-order valence-electron chi connectivity index (χ0n) is 10.1. The SMILES string of the molecule is COc1ccc(NC(=S)NCc2cocn2)cc1F. The van der Waals surface area contributed by atoms with Crippen LogP contribution in [0.2, 0.25) is 0 Å². The Balaban J connectivity index is 1.90. The summed E-state index contributed by atoms with van der Waals surface area (Å²) in [5, 5.41) is 6.16. The zero-order valence-corrected chi connectivity index (χ0v) is 11.0. The van der Waals surface area contributed by atoms with Gasteiger partial charge in [0.15, 0.2) is 23.1 Å². The van der Waals surface area contributed by atoms with Gasteiger partial charge in [-0.2, -0.15) is 0 Å². The van der Waals surface area contributed by atoms with E-state index in [1.54, 1.807) is 6.07 Å². The van der Waals surface area contributed by atoms with Crippen LogP contribution < -0.4 is 15.4 Å². The Kier molecular flexibility index (Phi) is 4.30. The van der Waals surface area contributed by atoms with Crippen LogP contribution in [0.1, 0.15) is 5.69 Å². The second-order valence-corrected chi connectivity index (χ2v) is 4.05. The molecule has 0 bridgehead atoms. The Morgan fingerprint density at radius 3 is 3.00 bits per heavy atom. The topological polar surface area (TPSA) is 59.3 Å². The van der Waals surface area contributed by atoms with E-state index >= 15 is 0 Å². The van der Waals surface area contributed by atoms with Crippen LogP contribution in [-0.4, -0.2) is 17.2 Å². The van der Waals surface area contributed by atoms with Crippen molar-refractivity contribution in [2.75, 3.05) is 12.4 Å². The quantitative estimate of drug-likeness (QED) is 0.839. The minimum Gasteiger partial charge on any atom is -0.494 e. The average Bonchev–Trinajstić information content (AvgIpc) is 2.90. The van der Waals surface area contributed by atoms with E-state index < -0.39 is 5.82 Å². The maximum atomic E-state index is 13.5. The first-order valence-corrected chi connectivity index (χ1v) is 5.85. The molecule has 7 heteroatoms. The third-order valence-corrected chi connectivity index (χ3v) is 2.57. The van der Waals surface area contributed by atoms with Crippen LogP contribution >= 0.6 is 12.2 Å². The maximum Gasteiger partial charge on any atom is 0.180 e. The molecule has 0 unspecified atom stereocenters. The molecule has 19 heavy (non-hydrogen) atoms. The molecule has 1 aromatic carbocycles. The van der Waals surface area contributed by atoms with Crippen LogP contribution in [-0.2, 0) is 6.54 Å². The molecule has 0 aliphatic rings. The van der Waals surface area contributed by atoms with Crippen molar-refractivity contribution in [3.05, 3.63) is 42.4 Å². The Hall–Kier alpha value is -2.15. The molecule has 2 aromatic rings. The lowest BCUT2D eigenvalue weighted by molar-refractivity contribution is 0.387. The molecule has 2 rings (SSSR count). The van der Waals surface area contributed by atoms with Crippen LogP contribution in [0, 0.1) is 5.82 Å². The van der Waals surface area contributed by atoms with Crippen molar-refractivity contribution < 1.29 is 13.5 Å². The lowest BCUT2D eigenvalue weighted by Gasteiger charge is -2.10. The van der Waals surface area contributed by atoms with E-state index in [1.165, 1.54) is 31.9 Å². The number of ether oxygens (including phenoxy) is 1. The van der Waals surface area contributed by atoms with Gasteiger partial charge in [0.2, 0.25) is 0 Å². The van der Waals surface area contributed by atoms with Gasteiger partial charge in [0, 0.05) is 11.8 Å². The predicted molar refractivity (Wildman–Crippen MR) is 72.5 cm³/mol. The van der Waals surface area contributed by atoms with Crippen LogP contribution in [0.5, 0.6) is 5.75 Å². The molecule has 0 aliphatic carbocycles. The minimum absolute atomic E-state index is 0.187. The summed E-state index contributed by atoms with van der Waals surface area (Å²) in [6, 6.07) is 4.51. The first-order chi connectivity index (χ1) is 9.19. The van der Waals surface area contributed by atoms with Gasteiger partial charge in [-0.1, -0.05) is 0 Å². The molecule has 0 atom stereocenters. The number of halogens is 1. The van der Waals surface area contributed by atoms with Gasteiger partial charge in [-0.05, 0) is 24.4 Å². The molecule has 0 radical (unpaired) electrons. The molecule has 0 saturated heterocycles. The highest BCUT2D eigenvalue weighted by atomic mass is 32.1. The smallest absolute Gasteiger partial charge is 0.180 e. The molecule has 0 aliphatic heterocycles. The Labute approximate surface area is 114 Å². The van der Waals surface area contributed by atoms with Crippen molar-refractivity contribution in [3.63, 3.8) is 0 Å². The highest BCUT2D eigenvalue weighted by Crippen LogP contribution is 2.20. The third kappa shape index (κ3) is 3.65. The van der Waals surface area contributed by atoms with Crippen molar-refractivity contribution in [1.82, 2.24) is 10.3 Å². The fraction of sp³-hybridized carbons (Fsp3) is 0.167. The van der Waals surface area contributed by atoms with Gasteiger partial charge in [-0.3, -0.25) is 0 Å². The van der Waals surface area contributed by atoms with E-state index in [9.17, 15) is 4.39 Å². The molecular weight excluding hydrogens is 269 g/mol. The van der Waals surface area contributed by atoms with Crippen molar-refractivity contribution in [3.8, 4) is 5.75 Å². The monoisotopic (exact) mass is 281 g/mol. The predicted octanol–water partition coefficient (Wildman–Crippen LogP) is 2.31. The number of hydrogen-bond donors (Lipinski definition) is 2. The second kappa shape index (κ2) is 6.14. The van der Waals surface area contributed by atoms with Crippen molar-refractivity contribution in [1.29, 1.82) is 0 Å². The third-order valence-electron chi connectivity index (χ3n) is 2.32. The molecule has 1 aromatic heterocycles. The van der Waals surface area contributed by atoms with Gasteiger partial charge in [0.1, 0.15) is 6.26 Å². The van der Waals surface area contributed by atoms with Crippen LogP contribution in [0.25, 0.3) is 0 Å². The van der Waals surface area contributed by atoms with Crippen molar-refractivity contribution in [2.24, 2.45) is 0 Å². The van der Waals surface area contributed by atoms with Crippen LogP contribution in [0.4, 0.5) is 10.1 Å². The van der Waals surface area contributed by atoms with E-state index in [2.05, 4.69) is 15.6 Å². The normalized spacial score (nSPS) is 10.0. The number of hydrogen-bond acceptors (Lipinski definition) is 4. The first-order valence-electron chi connectivity index (χ1n) is 5.44. The van der Waals surface area contributed by atoms with Crippen LogP contribution in [0.3, 0.4) is 0 Å². The number of methoxy groups -OCH3 is 1. The molecule has 2 N–H and O–H groups in total. The van der Waals surface area contributed by atoms with Gasteiger partial charge in [-0.15, -0.1) is 0 Å². The summed E-state index contributed by atoms with van der Waals surface area (Å²) in [5.41, 5.74) is 1.26. The zero-order chi connectivity index (χ0) is 13.7. The van der Waals surface area contributed by atoms with E-state index in [-0.39, 0.29) is 5.75 Å². The minimum atomic E-state index is -0.452. The number of rotatable bonds is 4. The van der Waals surface area contributed by atoms with Gasteiger partial charge >= 0.3 is 0 Å². The molecule has 0 spiro atoms. The number of oxazole rings is 1. The average molecular weight is 281 g/mol. The molecule has 0 fully saturated rings. The van der Waals surface area contributed by atoms with Crippen molar-refractivity contribution in [2.45, 2.75) is 6.54 Å². The number of nitrogens with one attached hydrogen (secondary N) is 2. The summed E-state index contributed by atoms with van der Waals surface area (Å²) in [5.74, 6) is -0.265. The summed E-state index contributed by atoms with van der Waals surface area (Å²) in [7, 11) is 1.41. The summed E-state index contributed by atoms with van der Waals surface area (Å²) < 4.78 is 23.1. The van der Waals surface area contributed by atoms with Gasteiger partial charge < -0.3 is 19.8 Å². The molecule has 1 heterocycles. The molecule has 0 saturated carbocycles. The lowest BCUT2D eigenvalue weighted by atomic mass is 10.3. The number of anilines is 1. The van der Waals surface area contributed by atoms with Crippen molar-refractivity contribution >= 4 is 23.0 Å². The number of benzene rings is 1. The molecule has 5 nitrogen and oxygen atoms in total. The van der Waals surface area contributed by atoms with Gasteiger partial charge in [0.25, 0.3) is 0 Å². The Bertz CT molecular complexity index is 560. The fourth-order valence-electron chi connectivity index (χ4n) is 1.42. The summed E-state index contributed by atoms with van der Waals surface area (Å²) >= 11 is 5.08. The summed E-state index contributed by atoms with van der Waals surface area (Å²) in [4.78, 5) is 3.94. The van der Waals surface area contributed by atoms with Gasteiger partial charge in [-0.25, -0.2) is 9.37 Å².